The van der Waals surface area contributed by atoms with E-state index in [1.807, 2.05) is 0 Å². The summed E-state index contributed by atoms with van der Waals surface area (Å²) in [6.07, 6.45) is 6.77. The first-order valence-corrected chi connectivity index (χ1v) is 10.0. The van der Waals surface area contributed by atoms with Gasteiger partial charge in [-0.05, 0) is 84.4 Å². The zero-order valence-corrected chi connectivity index (χ0v) is 15.3. The van der Waals surface area contributed by atoms with Crippen molar-refractivity contribution in [2.75, 3.05) is 0 Å². The molecule has 0 aliphatic heterocycles. The van der Waals surface area contributed by atoms with Crippen molar-refractivity contribution in [3.8, 4) is 0 Å². The third kappa shape index (κ3) is 1.87. The van der Waals surface area contributed by atoms with Crippen LogP contribution >= 0.6 is 0 Å². The summed E-state index contributed by atoms with van der Waals surface area (Å²) in [6.45, 7) is 12.3. The van der Waals surface area contributed by atoms with Gasteiger partial charge in [0.25, 0.3) is 0 Å². The van der Waals surface area contributed by atoms with Gasteiger partial charge in [-0.3, -0.25) is 0 Å². The molecular formula is C21H36O. The van der Waals surface area contributed by atoms with Gasteiger partial charge in [0.1, 0.15) is 0 Å². The summed E-state index contributed by atoms with van der Waals surface area (Å²) in [7, 11) is 0. The lowest BCUT2D eigenvalue weighted by Gasteiger charge is -2.59. The molecule has 126 valence electrons. The summed E-state index contributed by atoms with van der Waals surface area (Å²) in [4.78, 5) is 0. The average molecular weight is 305 g/mol. The van der Waals surface area contributed by atoms with E-state index < -0.39 is 0 Å². The highest BCUT2D eigenvalue weighted by Gasteiger charge is 2.67. The maximum atomic E-state index is 10.7. The monoisotopic (exact) mass is 304 g/mol. The molecule has 10 atom stereocenters. The summed E-state index contributed by atoms with van der Waals surface area (Å²) < 4.78 is 0. The van der Waals surface area contributed by atoms with Gasteiger partial charge in [0.05, 0.1) is 6.10 Å². The molecule has 0 bridgehead atoms. The molecule has 1 heteroatoms. The van der Waals surface area contributed by atoms with Crippen LogP contribution in [0.25, 0.3) is 0 Å². The van der Waals surface area contributed by atoms with E-state index in [0.29, 0.717) is 11.3 Å². The fourth-order valence-electron chi connectivity index (χ4n) is 7.75. The summed E-state index contributed by atoms with van der Waals surface area (Å²) in [5.41, 5.74) is 0.518. The van der Waals surface area contributed by atoms with E-state index in [1.54, 1.807) is 0 Å². The molecule has 0 amide bonds. The topological polar surface area (TPSA) is 20.2 Å². The Morgan fingerprint density at radius 1 is 0.909 bits per heavy atom. The average Bonchev–Trinajstić information content (AvgIpc) is 2.60. The molecule has 0 aromatic carbocycles. The van der Waals surface area contributed by atoms with Crippen molar-refractivity contribution < 1.29 is 5.11 Å². The van der Waals surface area contributed by atoms with Gasteiger partial charge in [0.2, 0.25) is 0 Å². The molecule has 1 nitrogen and oxygen atoms in total. The van der Waals surface area contributed by atoms with Crippen LogP contribution < -0.4 is 0 Å². The lowest BCUT2D eigenvalue weighted by Crippen LogP contribution is -2.56. The van der Waals surface area contributed by atoms with Crippen molar-refractivity contribution in [3.63, 3.8) is 0 Å². The third-order valence-corrected chi connectivity index (χ3v) is 9.24. The van der Waals surface area contributed by atoms with Crippen LogP contribution in [0.15, 0.2) is 0 Å². The van der Waals surface area contributed by atoms with Crippen LogP contribution in [0.5, 0.6) is 0 Å². The lowest BCUT2D eigenvalue weighted by molar-refractivity contribution is -0.140. The van der Waals surface area contributed by atoms with E-state index in [-0.39, 0.29) is 6.10 Å². The third-order valence-electron chi connectivity index (χ3n) is 9.24. The van der Waals surface area contributed by atoms with Gasteiger partial charge in [0.15, 0.2) is 0 Å². The van der Waals surface area contributed by atoms with Crippen molar-refractivity contribution in [1.29, 1.82) is 0 Å². The van der Waals surface area contributed by atoms with E-state index in [4.69, 9.17) is 0 Å². The van der Waals surface area contributed by atoms with Gasteiger partial charge < -0.3 is 5.11 Å². The molecule has 0 spiro atoms. The Morgan fingerprint density at radius 2 is 1.64 bits per heavy atom. The molecule has 10 unspecified atom stereocenters. The Labute approximate surface area is 137 Å². The molecular weight excluding hydrogens is 268 g/mol. The van der Waals surface area contributed by atoms with E-state index in [9.17, 15) is 5.11 Å². The second-order valence-corrected chi connectivity index (χ2v) is 10.1. The Kier molecular flexibility index (Phi) is 3.50. The zero-order valence-electron chi connectivity index (χ0n) is 15.3. The second-order valence-electron chi connectivity index (χ2n) is 10.1. The van der Waals surface area contributed by atoms with Gasteiger partial charge in [-0.2, -0.15) is 0 Å². The van der Waals surface area contributed by atoms with Crippen molar-refractivity contribution in [2.45, 2.75) is 72.8 Å². The predicted molar refractivity (Wildman–Crippen MR) is 91.3 cm³/mol. The Bertz CT molecular complexity index is 441. The van der Waals surface area contributed by atoms with E-state index in [0.717, 1.165) is 53.8 Å². The molecule has 0 heterocycles. The van der Waals surface area contributed by atoms with Gasteiger partial charge >= 0.3 is 0 Å². The minimum atomic E-state index is 0.00186. The van der Waals surface area contributed by atoms with Gasteiger partial charge in [-0.25, -0.2) is 0 Å². The Hall–Kier alpha value is -0.0400. The maximum absolute atomic E-state index is 10.7. The minimum absolute atomic E-state index is 0.00186. The van der Waals surface area contributed by atoms with Crippen LogP contribution in [-0.4, -0.2) is 11.2 Å². The van der Waals surface area contributed by atoms with Crippen LogP contribution in [0.2, 0.25) is 0 Å². The van der Waals surface area contributed by atoms with Gasteiger partial charge in [-0.1, -0.05) is 41.0 Å². The van der Waals surface area contributed by atoms with Crippen LogP contribution in [-0.2, 0) is 0 Å². The fraction of sp³-hybridized carbons (Fsp3) is 1.00. The summed E-state index contributed by atoms with van der Waals surface area (Å²) >= 11 is 0. The van der Waals surface area contributed by atoms with E-state index in [2.05, 4.69) is 34.6 Å². The molecule has 4 aliphatic rings. The summed E-state index contributed by atoms with van der Waals surface area (Å²) in [5.74, 6) is 7.81. The van der Waals surface area contributed by atoms with Crippen molar-refractivity contribution in [1.82, 2.24) is 0 Å². The van der Waals surface area contributed by atoms with Crippen molar-refractivity contribution in [3.05, 3.63) is 0 Å². The van der Waals surface area contributed by atoms with Crippen molar-refractivity contribution >= 4 is 0 Å². The minimum Gasteiger partial charge on any atom is -0.393 e. The number of hydrogen-bond acceptors (Lipinski definition) is 1. The zero-order chi connectivity index (χ0) is 15.8. The van der Waals surface area contributed by atoms with Crippen LogP contribution in [0.3, 0.4) is 0 Å². The molecule has 0 radical (unpaired) electrons. The predicted octanol–water partition coefficient (Wildman–Crippen LogP) is 4.98. The highest BCUT2D eigenvalue weighted by molar-refractivity contribution is 5.15. The normalized spacial score (nSPS) is 57.0. The molecule has 22 heavy (non-hydrogen) atoms. The van der Waals surface area contributed by atoms with Gasteiger partial charge in [0, 0.05) is 0 Å². The second kappa shape index (κ2) is 4.98. The van der Waals surface area contributed by atoms with Crippen LogP contribution in [0.1, 0.15) is 66.7 Å². The molecule has 4 rings (SSSR count). The molecule has 4 saturated carbocycles. The molecule has 0 aromatic rings. The van der Waals surface area contributed by atoms with Crippen molar-refractivity contribution in [2.24, 2.45) is 58.7 Å². The number of hydrogen-bond donors (Lipinski definition) is 1. The highest BCUT2D eigenvalue weighted by atomic mass is 16.3. The highest BCUT2D eigenvalue weighted by Crippen LogP contribution is 2.71. The maximum Gasteiger partial charge on any atom is 0.0576 e. The number of rotatable bonds is 2. The first kappa shape index (κ1) is 15.5. The molecule has 0 saturated heterocycles. The number of aliphatic hydroxyl groups is 1. The van der Waals surface area contributed by atoms with E-state index in [1.165, 1.54) is 25.7 Å². The van der Waals surface area contributed by atoms with Gasteiger partial charge in [-0.15, -0.1) is 0 Å². The quantitative estimate of drug-likeness (QED) is 0.762. The van der Waals surface area contributed by atoms with E-state index >= 15 is 0 Å². The number of aliphatic hydroxyl groups excluding tert-OH is 1. The Morgan fingerprint density at radius 3 is 2.32 bits per heavy atom. The van der Waals surface area contributed by atoms with Crippen LogP contribution in [0, 0.1) is 58.7 Å². The first-order chi connectivity index (χ1) is 10.4. The molecule has 0 aromatic heterocycles. The molecule has 4 fully saturated rings. The molecule has 4 aliphatic carbocycles. The smallest absolute Gasteiger partial charge is 0.0576 e. The summed E-state index contributed by atoms with van der Waals surface area (Å²) in [5, 5.41) is 10.7. The standard InChI is InChI=1S/C21H36O/c1-6-21(4,5)13-7-8-14-12(3)18-16(22)9-11(2)17-15(10-13)19(14)20(17)18/h11-20,22H,6-10H2,1-5H3. The molecule has 1 N–H and O–H groups in total. The lowest BCUT2D eigenvalue weighted by atomic mass is 9.46. The van der Waals surface area contributed by atoms with Crippen LogP contribution in [0.4, 0.5) is 0 Å². The summed E-state index contributed by atoms with van der Waals surface area (Å²) in [6, 6.07) is 0. The largest absolute Gasteiger partial charge is 0.393 e. The number of fused-ring (bicyclic) bond motifs is 1. The Balaban J connectivity index is 1.64. The SMILES string of the molecule is CCC(C)(C)C1CCC2C(C)C3C(O)CC(C)C4C(C1)C2C34. The fourth-order valence-corrected chi connectivity index (χ4v) is 7.75. The first-order valence-electron chi connectivity index (χ1n) is 10.0.